The van der Waals surface area contributed by atoms with Crippen LogP contribution in [-0.2, 0) is 4.79 Å². The van der Waals surface area contributed by atoms with E-state index >= 15 is 0 Å². The molecule has 1 aromatic carbocycles. The molecule has 0 saturated carbocycles. The fourth-order valence-electron chi connectivity index (χ4n) is 1.08. The minimum atomic E-state index is -1.05. The van der Waals surface area contributed by atoms with E-state index in [1.54, 1.807) is 31.4 Å². The Morgan fingerprint density at radius 3 is 2.40 bits per heavy atom. The Morgan fingerprint density at radius 2 is 1.87 bits per heavy atom. The van der Waals surface area contributed by atoms with Crippen molar-refractivity contribution in [2.75, 3.05) is 13.7 Å². The molecule has 0 saturated heterocycles. The van der Waals surface area contributed by atoms with Gasteiger partial charge in [-0.3, -0.25) is 0 Å². The predicted molar refractivity (Wildman–Crippen MR) is 52.7 cm³/mol. The highest BCUT2D eigenvalue weighted by Gasteiger charge is 1.95. The van der Waals surface area contributed by atoms with Gasteiger partial charge in [0.15, 0.2) is 0 Å². The minimum Gasteiger partial charge on any atom is -0.550 e. The van der Waals surface area contributed by atoms with Crippen molar-refractivity contribution in [3.05, 3.63) is 24.3 Å². The second-order valence-corrected chi connectivity index (χ2v) is 3.00. The zero-order chi connectivity index (χ0) is 11.1. The second-order valence-electron chi connectivity index (χ2n) is 3.00. The van der Waals surface area contributed by atoms with E-state index in [0.29, 0.717) is 18.8 Å². The van der Waals surface area contributed by atoms with E-state index in [-0.39, 0.29) is 6.42 Å². The normalized spacial score (nSPS) is 9.67. The van der Waals surface area contributed by atoms with Crippen molar-refractivity contribution in [2.45, 2.75) is 12.8 Å². The second kappa shape index (κ2) is 5.90. The molecular weight excluding hydrogens is 196 g/mol. The molecule has 1 rings (SSSR count). The summed E-state index contributed by atoms with van der Waals surface area (Å²) in [6.07, 6.45) is 0.477. The number of rotatable bonds is 6. The molecule has 0 spiro atoms. The summed E-state index contributed by atoms with van der Waals surface area (Å²) < 4.78 is 10.3. The Bertz CT molecular complexity index is 305. The van der Waals surface area contributed by atoms with Crippen LogP contribution in [0.25, 0.3) is 0 Å². The number of hydrogen-bond donors (Lipinski definition) is 0. The van der Waals surface area contributed by atoms with E-state index in [1.165, 1.54) is 0 Å². The Hall–Kier alpha value is -1.71. The molecule has 0 heterocycles. The smallest absolute Gasteiger partial charge is 0.119 e. The average molecular weight is 209 g/mol. The van der Waals surface area contributed by atoms with E-state index in [1.807, 2.05) is 0 Å². The number of carbonyl (C=O) groups excluding carboxylic acids is 1. The van der Waals surface area contributed by atoms with Gasteiger partial charge < -0.3 is 19.4 Å². The van der Waals surface area contributed by atoms with Gasteiger partial charge in [0, 0.05) is 5.97 Å². The van der Waals surface area contributed by atoms with Gasteiger partial charge >= 0.3 is 0 Å². The third-order valence-electron chi connectivity index (χ3n) is 1.85. The molecule has 0 aliphatic rings. The van der Waals surface area contributed by atoms with Gasteiger partial charge in [0.05, 0.1) is 13.7 Å². The lowest BCUT2D eigenvalue weighted by atomic mass is 10.3. The summed E-state index contributed by atoms with van der Waals surface area (Å²) >= 11 is 0. The molecule has 0 fully saturated rings. The Morgan fingerprint density at radius 1 is 1.27 bits per heavy atom. The van der Waals surface area contributed by atoms with Gasteiger partial charge in [0.1, 0.15) is 11.5 Å². The van der Waals surface area contributed by atoms with Crippen LogP contribution in [0.1, 0.15) is 12.8 Å². The maximum Gasteiger partial charge on any atom is 0.119 e. The standard InChI is InChI=1S/C11H14O4/c1-14-9-4-6-10(7-5-9)15-8-2-3-11(12)13/h4-7H,2-3,8H2,1H3,(H,12,13)/p-1. The van der Waals surface area contributed by atoms with Gasteiger partial charge in [-0.05, 0) is 37.1 Å². The molecule has 15 heavy (non-hydrogen) atoms. The van der Waals surface area contributed by atoms with E-state index in [4.69, 9.17) is 9.47 Å². The van der Waals surface area contributed by atoms with Crippen molar-refractivity contribution in [3.8, 4) is 11.5 Å². The number of carbonyl (C=O) groups is 1. The molecule has 0 bridgehead atoms. The Kier molecular flexibility index (Phi) is 4.47. The maximum absolute atomic E-state index is 10.1. The summed E-state index contributed by atoms with van der Waals surface area (Å²) in [5, 5.41) is 10.1. The van der Waals surface area contributed by atoms with Crippen molar-refractivity contribution >= 4 is 5.97 Å². The van der Waals surface area contributed by atoms with Gasteiger partial charge in [0.2, 0.25) is 0 Å². The predicted octanol–water partition coefficient (Wildman–Crippen LogP) is 0.604. The van der Waals surface area contributed by atoms with Gasteiger partial charge in [-0.15, -0.1) is 0 Å². The summed E-state index contributed by atoms with van der Waals surface area (Å²) in [4.78, 5) is 10.1. The van der Waals surface area contributed by atoms with Gasteiger partial charge in [-0.25, -0.2) is 0 Å². The first kappa shape index (κ1) is 11.4. The monoisotopic (exact) mass is 209 g/mol. The molecule has 0 radical (unpaired) electrons. The zero-order valence-corrected chi connectivity index (χ0v) is 8.56. The summed E-state index contributed by atoms with van der Waals surface area (Å²) in [7, 11) is 1.59. The molecule has 0 unspecified atom stereocenters. The summed E-state index contributed by atoms with van der Waals surface area (Å²) in [5.74, 6) is 0.416. The number of aliphatic carboxylic acids is 1. The van der Waals surface area contributed by atoms with Crippen LogP contribution in [0.15, 0.2) is 24.3 Å². The summed E-state index contributed by atoms with van der Waals surface area (Å²) in [5.41, 5.74) is 0. The molecule has 4 nitrogen and oxygen atoms in total. The van der Waals surface area contributed by atoms with Crippen molar-refractivity contribution in [2.24, 2.45) is 0 Å². The van der Waals surface area contributed by atoms with Crippen LogP contribution in [0.4, 0.5) is 0 Å². The van der Waals surface area contributed by atoms with Gasteiger partial charge in [-0.2, -0.15) is 0 Å². The lowest BCUT2D eigenvalue weighted by Crippen LogP contribution is -2.22. The molecule has 0 N–H and O–H groups in total. The number of ether oxygens (including phenoxy) is 2. The number of hydrogen-bond acceptors (Lipinski definition) is 4. The van der Waals surface area contributed by atoms with Crippen LogP contribution in [0.3, 0.4) is 0 Å². The highest BCUT2D eigenvalue weighted by atomic mass is 16.5. The van der Waals surface area contributed by atoms with Gasteiger partial charge in [-0.1, -0.05) is 0 Å². The molecule has 0 amide bonds. The number of methoxy groups -OCH3 is 1. The first-order chi connectivity index (χ1) is 7.22. The van der Waals surface area contributed by atoms with Crippen LogP contribution in [-0.4, -0.2) is 19.7 Å². The van der Waals surface area contributed by atoms with E-state index < -0.39 is 5.97 Å². The molecular formula is C11H13O4-. The first-order valence-corrected chi connectivity index (χ1v) is 4.69. The fraction of sp³-hybridized carbons (Fsp3) is 0.364. The molecule has 82 valence electrons. The molecule has 0 aliphatic carbocycles. The van der Waals surface area contributed by atoms with Crippen LogP contribution in [0.5, 0.6) is 11.5 Å². The first-order valence-electron chi connectivity index (χ1n) is 4.69. The number of benzene rings is 1. The average Bonchev–Trinajstić information content (AvgIpc) is 2.25. The lowest BCUT2D eigenvalue weighted by molar-refractivity contribution is -0.305. The quantitative estimate of drug-likeness (QED) is 0.644. The van der Waals surface area contributed by atoms with Crippen molar-refractivity contribution < 1.29 is 19.4 Å². The van der Waals surface area contributed by atoms with E-state index in [9.17, 15) is 9.90 Å². The van der Waals surface area contributed by atoms with E-state index in [2.05, 4.69) is 0 Å². The molecule has 0 atom stereocenters. The topological polar surface area (TPSA) is 58.6 Å². The number of carboxylic acid groups (broad SMARTS) is 1. The van der Waals surface area contributed by atoms with Crippen LogP contribution >= 0.6 is 0 Å². The SMILES string of the molecule is COc1ccc(OCCCC(=O)[O-])cc1. The van der Waals surface area contributed by atoms with Crippen molar-refractivity contribution in [3.63, 3.8) is 0 Å². The summed E-state index contributed by atoms with van der Waals surface area (Å²) in [6, 6.07) is 7.12. The Labute approximate surface area is 88.4 Å². The molecule has 0 aliphatic heterocycles. The highest BCUT2D eigenvalue weighted by molar-refractivity contribution is 5.64. The van der Waals surface area contributed by atoms with Crippen molar-refractivity contribution in [1.82, 2.24) is 0 Å². The molecule has 0 aromatic heterocycles. The Balaban J connectivity index is 2.28. The van der Waals surface area contributed by atoms with Crippen molar-refractivity contribution in [1.29, 1.82) is 0 Å². The van der Waals surface area contributed by atoms with Gasteiger partial charge in [0.25, 0.3) is 0 Å². The van der Waals surface area contributed by atoms with Crippen LogP contribution in [0, 0.1) is 0 Å². The lowest BCUT2D eigenvalue weighted by Gasteiger charge is -2.07. The summed E-state index contributed by atoms with van der Waals surface area (Å²) in [6.45, 7) is 0.375. The minimum absolute atomic E-state index is 0.0240. The highest BCUT2D eigenvalue weighted by Crippen LogP contribution is 2.17. The van der Waals surface area contributed by atoms with E-state index in [0.717, 1.165) is 5.75 Å². The largest absolute Gasteiger partial charge is 0.550 e. The fourth-order valence-corrected chi connectivity index (χ4v) is 1.08. The van der Waals surface area contributed by atoms with Crippen LogP contribution in [0.2, 0.25) is 0 Å². The third kappa shape index (κ3) is 4.35. The zero-order valence-electron chi connectivity index (χ0n) is 8.56. The third-order valence-corrected chi connectivity index (χ3v) is 1.85. The molecule has 1 aromatic rings. The molecule has 4 heteroatoms. The maximum atomic E-state index is 10.1. The number of carboxylic acids is 1. The van der Waals surface area contributed by atoms with Crippen LogP contribution < -0.4 is 14.6 Å².